The first-order chi connectivity index (χ1) is 20.0. The van der Waals surface area contributed by atoms with Gasteiger partial charge >= 0.3 is 5.97 Å². The summed E-state index contributed by atoms with van der Waals surface area (Å²) in [5, 5.41) is 8.65. The predicted molar refractivity (Wildman–Crippen MR) is 166 cm³/mol. The van der Waals surface area contributed by atoms with Crippen LogP contribution in [0.25, 0.3) is 12.2 Å². The number of aliphatic carboxylic acids is 1. The molecule has 0 aromatic heterocycles. The molecule has 0 spiro atoms. The Morgan fingerprint density at radius 1 is 0.585 bits per heavy atom. The number of carboxylic acids is 1. The zero-order valence-corrected chi connectivity index (χ0v) is 25.5. The highest BCUT2D eigenvalue weighted by molar-refractivity contribution is 5.73. The van der Waals surface area contributed by atoms with E-state index in [0.717, 1.165) is 48.3 Å². The van der Waals surface area contributed by atoms with Crippen molar-refractivity contribution in [2.75, 3.05) is 35.0 Å². The average Bonchev–Trinajstić information content (AvgIpc) is 2.98. The minimum atomic E-state index is -0.679. The molecule has 0 radical (unpaired) electrons. The number of hydrogen-bond donors (Lipinski definition) is 1. The maximum Gasteiger partial charge on any atom is 0.303 e. The van der Waals surface area contributed by atoms with Gasteiger partial charge in [0.1, 0.15) is 0 Å². The molecule has 0 bridgehead atoms. The van der Waals surface area contributed by atoms with Crippen LogP contribution in [0, 0.1) is 0 Å². The molecule has 41 heavy (non-hydrogen) atoms. The molecule has 7 heteroatoms. The molecule has 0 aliphatic carbocycles. The molecule has 0 fully saturated rings. The molecule has 0 aliphatic heterocycles. The van der Waals surface area contributed by atoms with Crippen molar-refractivity contribution in [3.05, 3.63) is 41.5 Å². The number of benzene rings is 2. The number of rotatable bonds is 23. The third-order valence-corrected chi connectivity index (χ3v) is 7.14. The highest BCUT2D eigenvalue weighted by Crippen LogP contribution is 2.38. The molecule has 0 saturated heterocycles. The van der Waals surface area contributed by atoms with E-state index in [2.05, 4.69) is 0 Å². The molecular weight excluding hydrogens is 520 g/mol. The Bertz CT molecular complexity index is 1020. The van der Waals surface area contributed by atoms with E-state index in [4.69, 9.17) is 28.8 Å². The van der Waals surface area contributed by atoms with E-state index in [-0.39, 0.29) is 0 Å². The monoisotopic (exact) mass is 570 g/mol. The van der Waals surface area contributed by atoms with Crippen LogP contribution >= 0.6 is 0 Å². The molecule has 1 N–H and O–H groups in total. The van der Waals surface area contributed by atoms with E-state index in [9.17, 15) is 4.79 Å². The van der Waals surface area contributed by atoms with Gasteiger partial charge < -0.3 is 28.8 Å². The van der Waals surface area contributed by atoms with E-state index < -0.39 is 5.97 Å². The van der Waals surface area contributed by atoms with Crippen LogP contribution in [0.5, 0.6) is 28.7 Å². The molecule has 2 rings (SSSR count). The summed E-state index contributed by atoms with van der Waals surface area (Å²) in [5.41, 5.74) is 1.94. The summed E-state index contributed by atoms with van der Waals surface area (Å²) in [6.45, 7) is 0.670. The number of ether oxygens (including phenoxy) is 5. The fourth-order valence-corrected chi connectivity index (χ4v) is 4.80. The molecule has 0 amide bonds. The van der Waals surface area contributed by atoms with Crippen molar-refractivity contribution in [3.63, 3.8) is 0 Å². The van der Waals surface area contributed by atoms with Crippen molar-refractivity contribution in [1.82, 2.24) is 0 Å². The summed E-state index contributed by atoms with van der Waals surface area (Å²) < 4.78 is 27.9. The Balaban J connectivity index is 1.66. The van der Waals surface area contributed by atoms with Crippen molar-refractivity contribution in [2.45, 2.75) is 89.9 Å². The van der Waals surface area contributed by atoms with E-state index in [1.165, 1.54) is 57.8 Å². The first-order valence-corrected chi connectivity index (χ1v) is 15.0. The SMILES string of the molecule is COc1ccc(/C=C\c2cc(OC)c(OC)c(OC)c2)cc1OCCCCCCCCCCCCCCCC(=O)O. The molecule has 0 heterocycles. The molecule has 0 unspecified atom stereocenters. The number of methoxy groups -OCH3 is 4. The second-order valence-corrected chi connectivity index (χ2v) is 10.3. The van der Waals surface area contributed by atoms with Crippen LogP contribution in [0.2, 0.25) is 0 Å². The zero-order chi connectivity index (χ0) is 29.7. The maximum atomic E-state index is 10.5. The number of carboxylic acid groups (broad SMARTS) is 1. The van der Waals surface area contributed by atoms with Crippen LogP contribution < -0.4 is 23.7 Å². The summed E-state index contributed by atoms with van der Waals surface area (Å²) in [6, 6.07) is 9.76. The number of carbonyl (C=O) groups is 1. The molecule has 0 saturated carbocycles. The Hall–Kier alpha value is -3.35. The van der Waals surface area contributed by atoms with Gasteiger partial charge in [0.05, 0.1) is 35.0 Å². The topological polar surface area (TPSA) is 83.5 Å². The summed E-state index contributed by atoms with van der Waals surface area (Å²) >= 11 is 0. The average molecular weight is 571 g/mol. The minimum Gasteiger partial charge on any atom is -0.493 e. The van der Waals surface area contributed by atoms with Crippen LogP contribution in [0.4, 0.5) is 0 Å². The van der Waals surface area contributed by atoms with Gasteiger partial charge in [-0.1, -0.05) is 88.8 Å². The van der Waals surface area contributed by atoms with Gasteiger partial charge in [-0.25, -0.2) is 0 Å². The molecule has 228 valence electrons. The van der Waals surface area contributed by atoms with Crippen molar-refractivity contribution in [1.29, 1.82) is 0 Å². The normalized spacial score (nSPS) is 11.0. The van der Waals surface area contributed by atoms with Gasteiger partial charge in [-0.05, 0) is 48.2 Å². The Labute approximate surface area is 246 Å². The van der Waals surface area contributed by atoms with Gasteiger partial charge in [-0.15, -0.1) is 0 Å². The maximum absolute atomic E-state index is 10.5. The van der Waals surface area contributed by atoms with Gasteiger partial charge in [-0.3, -0.25) is 4.79 Å². The van der Waals surface area contributed by atoms with Crippen molar-refractivity contribution < 1.29 is 33.6 Å². The standard InChI is InChI=1S/C34H50O7/c1-37-29-22-21-27(19-20-28-25-31(38-2)34(40-4)32(26-28)39-3)24-30(29)41-23-17-15-13-11-9-7-5-6-8-10-12-14-16-18-33(35)36/h19-22,24-26H,5-18,23H2,1-4H3,(H,35,36)/b20-19-. The quantitative estimate of drug-likeness (QED) is 0.106. The summed E-state index contributed by atoms with van der Waals surface area (Å²) in [5.74, 6) is 2.60. The first-order valence-electron chi connectivity index (χ1n) is 15.0. The minimum absolute atomic E-state index is 0.310. The lowest BCUT2D eigenvalue weighted by atomic mass is 10.0. The van der Waals surface area contributed by atoms with Crippen molar-refractivity contribution in [3.8, 4) is 28.7 Å². The van der Waals surface area contributed by atoms with Gasteiger partial charge in [0.15, 0.2) is 23.0 Å². The largest absolute Gasteiger partial charge is 0.493 e. The molecule has 7 nitrogen and oxygen atoms in total. The van der Waals surface area contributed by atoms with E-state index in [1.807, 2.05) is 42.5 Å². The van der Waals surface area contributed by atoms with E-state index >= 15 is 0 Å². The second kappa shape index (κ2) is 20.5. The van der Waals surface area contributed by atoms with Crippen molar-refractivity contribution >= 4 is 18.1 Å². The highest BCUT2D eigenvalue weighted by atomic mass is 16.5. The summed E-state index contributed by atoms with van der Waals surface area (Å²) in [7, 11) is 6.48. The first kappa shape index (κ1) is 33.9. The smallest absolute Gasteiger partial charge is 0.303 e. The lowest BCUT2D eigenvalue weighted by Gasteiger charge is -2.13. The number of unbranched alkanes of at least 4 members (excludes halogenated alkanes) is 12. The van der Waals surface area contributed by atoms with Gasteiger partial charge in [0.2, 0.25) is 5.75 Å². The zero-order valence-electron chi connectivity index (χ0n) is 25.5. The molecule has 0 aliphatic rings. The van der Waals surface area contributed by atoms with Gasteiger partial charge in [0.25, 0.3) is 0 Å². The van der Waals surface area contributed by atoms with Crippen molar-refractivity contribution in [2.24, 2.45) is 0 Å². The van der Waals surface area contributed by atoms with Gasteiger partial charge in [0, 0.05) is 6.42 Å². The third-order valence-electron chi connectivity index (χ3n) is 7.14. The third kappa shape index (κ3) is 13.2. The number of hydrogen-bond acceptors (Lipinski definition) is 6. The second-order valence-electron chi connectivity index (χ2n) is 10.3. The predicted octanol–water partition coefficient (Wildman–Crippen LogP) is 8.82. The van der Waals surface area contributed by atoms with E-state index in [1.54, 1.807) is 28.4 Å². The molecular formula is C34H50O7. The van der Waals surface area contributed by atoms with Crippen LogP contribution in [0.15, 0.2) is 30.3 Å². The molecule has 0 atom stereocenters. The molecule has 2 aromatic rings. The molecule has 2 aromatic carbocycles. The fraction of sp³-hybridized carbons (Fsp3) is 0.559. The van der Waals surface area contributed by atoms with Crippen LogP contribution in [-0.2, 0) is 4.79 Å². The van der Waals surface area contributed by atoms with Crippen LogP contribution in [-0.4, -0.2) is 46.1 Å². The van der Waals surface area contributed by atoms with E-state index in [0.29, 0.717) is 30.3 Å². The lowest BCUT2D eigenvalue weighted by Crippen LogP contribution is -1.99. The summed E-state index contributed by atoms with van der Waals surface area (Å²) in [6.07, 6.45) is 19.8. The lowest BCUT2D eigenvalue weighted by molar-refractivity contribution is -0.137. The Morgan fingerprint density at radius 3 is 1.54 bits per heavy atom. The van der Waals surface area contributed by atoms with Crippen LogP contribution in [0.3, 0.4) is 0 Å². The highest BCUT2D eigenvalue weighted by Gasteiger charge is 2.12. The summed E-state index contributed by atoms with van der Waals surface area (Å²) in [4.78, 5) is 10.5. The van der Waals surface area contributed by atoms with Crippen LogP contribution in [0.1, 0.15) is 101 Å². The fourth-order valence-electron chi connectivity index (χ4n) is 4.80. The Kier molecular flexibility index (Phi) is 16.9. The van der Waals surface area contributed by atoms with Gasteiger partial charge in [-0.2, -0.15) is 0 Å². The Morgan fingerprint density at radius 2 is 1.05 bits per heavy atom.